The molecule has 3 aromatic rings. The van der Waals surface area contributed by atoms with E-state index in [1.165, 1.54) is 23.9 Å². The molecule has 3 amide bonds. The van der Waals surface area contributed by atoms with Crippen molar-refractivity contribution in [3.05, 3.63) is 69.1 Å². The van der Waals surface area contributed by atoms with Crippen molar-refractivity contribution in [2.75, 3.05) is 5.32 Å². The van der Waals surface area contributed by atoms with Gasteiger partial charge < -0.3 is 5.32 Å². The number of aromatic nitrogens is 3. The number of benzene rings is 1. The van der Waals surface area contributed by atoms with E-state index >= 15 is 0 Å². The monoisotopic (exact) mass is 460 g/mol. The van der Waals surface area contributed by atoms with E-state index in [0.717, 1.165) is 0 Å². The molecule has 160 valence electrons. The van der Waals surface area contributed by atoms with E-state index in [1.54, 1.807) is 38.1 Å². The predicted octanol–water partition coefficient (Wildman–Crippen LogP) is 3.22. The minimum atomic E-state index is -0.645. The number of nitrogens with one attached hydrogen (secondary N) is 3. The van der Waals surface area contributed by atoms with E-state index in [-0.39, 0.29) is 16.9 Å². The van der Waals surface area contributed by atoms with Gasteiger partial charge in [-0.05, 0) is 49.7 Å². The number of pyridine rings is 1. The molecule has 11 heteroatoms. The number of hydrogen-bond donors (Lipinski definition) is 3. The van der Waals surface area contributed by atoms with Crippen molar-refractivity contribution >= 4 is 46.6 Å². The van der Waals surface area contributed by atoms with Gasteiger partial charge in [0, 0.05) is 18.1 Å². The summed E-state index contributed by atoms with van der Waals surface area (Å²) in [5.74, 6) is -1.35. The second-order valence-electron chi connectivity index (χ2n) is 6.63. The molecule has 2 heterocycles. The molecule has 0 bridgehead atoms. The molecule has 9 nitrogen and oxygen atoms in total. The fourth-order valence-electron chi connectivity index (χ4n) is 2.83. The highest BCUT2D eigenvalue weighted by molar-refractivity contribution is 6.32. The quantitative estimate of drug-likeness (QED) is 0.516. The molecule has 1 aromatic carbocycles. The minimum absolute atomic E-state index is 0.0748. The second-order valence-corrected chi connectivity index (χ2v) is 7.47. The van der Waals surface area contributed by atoms with Crippen LogP contribution in [0.4, 0.5) is 5.69 Å². The second kappa shape index (κ2) is 9.15. The van der Waals surface area contributed by atoms with Gasteiger partial charge in [-0.2, -0.15) is 5.10 Å². The van der Waals surface area contributed by atoms with Gasteiger partial charge in [0.1, 0.15) is 5.69 Å². The Hall–Kier alpha value is -3.43. The van der Waals surface area contributed by atoms with Crippen LogP contribution in [0.1, 0.15) is 39.0 Å². The molecule has 0 fully saturated rings. The Morgan fingerprint density at radius 2 is 1.77 bits per heavy atom. The highest BCUT2D eigenvalue weighted by Gasteiger charge is 2.22. The van der Waals surface area contributed by atoms with Crippen LogP contribution < -0.4 is 16.2 Å². The first kappa shape index (κ1) is 22.3. The molecule has 3 N–H and O–H groups in total. The highest BCUT2D eigenvalue weighted by Crippen LogP contribution is 2.27. The summed E-state index contributed by atoms with van der Waals surface area (Å²) in [6.45, 7) is 4.66. The van der Waals surface area contributed by atoms with Crippen LogP contribution in [0.25, 0.3) is 5.82 Å². The maximum absolute atomic E-state index is 13.1. The number of amides is 3. The van der Waals surface area contributed by atoms with Gasteiger partial charge in [0.05, 0.1) is 22.0 Å². The first-order valence-corrected chi connectivity index (χ1v) is 9.79. The van der Waals surface area contributed by atoms with E-state index < -0.39 is 17.7 Å². The smallest absolute Gasteiger partial charge is 0.274 e. The van der Waals surface area contributed by atoms with Gasteiger partial charge in [-0.25, -0.2) is 9.67 Å². The largest absolute Gasteiger partial charge is 0.320 e. The Kier molecular flexibility index (Phi) is 6.57. The van der Waals surface area contributed by atoms with Gasteiger partial charge in [0.2, 0.25) is 5.91 Å². The molecule has 31 heavy (non-hydrogen) atoms. The minimum Gasteiger partial charge on any atom is -0.320 e. The number of carbonyl (C=O) groups is 3. The first-order chi connectivity index (χ1) is 14.7. The normalized spacial score (nSPS) is 10.5. The van der Waals surface area contributed by atoms with Crippen LogP contribution in [0.3, 0.4) is 0 Å². The average Bonchev–Trinajstić information content (AvgIpc) is 3.09. The van der Waals surface area contributed by atoms with Gasteiger partial charge in [-0.3, -0.25) is 25.2 Å². The molecular weight excluding hydrogens is 443 g/mol. The van der Waals surface area contributed by atoms with Crippen molar-refractivity contribution < 1.29 is 14.4 Å². The molecule has 0 atom stereocenters. The molecule has 0 saturated heterocycles. The zero-order valence-electron chi connectivity index (χ0n) is 16.8. The fraction of sp³-hybridized carbons (Fsp3) is 0.150. The van der Waals surface area contributed by atoms with Gasteiger partial charge >= 0.3 is 0 Å². The number of nitrogens with zero attached hydrogens (tertiary/aromatic N) is 3. The van der Waals surface area contributed by atoms with E-state index in [4.69, 9.17) is 23.2 Å². The molecular formula is C20H18Cl2N6O3. The summed E-state index contributed by atoms with van der Waals surface area (Å²) < 4.78 is 1.33. The maximum atomic E-state index is 13.1. The number of carbonyl (C=O) groups excluding carboxylic acids is 3. The number of hydrazine groups is 1. The fourth-order valence-corrected chi connectivity index (χ4v) is 3.31. The highest BCUT2D eigenvalue weighted by atomic mass is 35.5. The summed E-state index contributed by atoms with van der Waals surface area (Å²) in [5.41, 5.74) is 6.06. The summed E-state index contributed by atoms with van der Waals surface area (Å²) in [5, 5.41) is 7.65. The Morgan fingerprint density at radius 1 is 1.03 bits per heavy atom. The van der Waals surface area contributed by atoms with Crippen molar-refractivity contribution in [3.63, 3.8) is 0 Å². The number of rotatable bonds is 4. The molecule has 0 spiro atoms. The van der Waals surface area contributed by atoms with Crippen LogP contribution >= 0.6 is 23.2 Å². The number of anilines is 1. The average molecular weight is 461 g/mol. The lowest BCUT2D eigenvalue weighted by Gasteiger charge is -2.15. The van der Waals surface area contributed by atoms with Gasteiger partial charge in [0.25, 0.3) is 11.8 Å². The standard InChI is InChI=1S/C20H18Cl2N6O3/c1-10-7-13(21)9-14(19(30)26-25-12(3)29)17(10)24-20(31)16-8-11(2)27-28(16)18-15(22)5-4-6-23-18/h4-9H,1-3H3,(H,24,31)(H,25,29)(H,26,30). The molecule has 3 rings (SSSR count). The van der Waals surface area contributed by atoms with E-state index in [2.05, 4.69) is 26.3 Å². The third-order valence-corrected chi connectivity index (χ3v) is 4.65. The van der Waals surface area contributed by atoms with Gasteiger partial charge in [-0.15, -0.1) is 0 Å². The van der Waals surface area contributed by atoms with Crippen LogP contribution in [0.15, 0.2) is 36.5 Å². The van der Waals surface area contributed by atoms with E-state index in [1.807, 2.05) is 0 Å². The molecule has 0 aliphatic rings. The summed E-state index contributed by atoms with van der Waals surface area (Å²) >= 11 is 12.3. The van der Waals surface area contributed by atoms with Gasteiger partial charge in [-0.1, -0.05) is 23.2 Å². The number of hydrogen-bond acceptors (Lipinski definition) is 5. The molecule has 0 unspecified atom stereocenters. The molecule has 0 aliphatic heterocycles. The Bertz CT molecular complexity index is 1190. The van der Waals surface area contributed by atoms with E-state index in [9.17, 15) is 14.4 Å². The van der Waals surface area contributed by atoms with Crippen molar-refractivity contribution in [1.29, 1.82) is 0 Å². The number of aryl methyl sites for hydroxylation is 2. The Morgan fingerprint density at radius 3 is 2.45 bits per heavy atom. The van der Waals surface area contributed by atoms with E-state index in [0.29, 0.717) is 27.1 Å². The SMILES string of the molecule is CC(=O)NNC(=O)c1cc(Cl)cc(C)c1NC(=O)c1cc(C)nn1-c1ncccc1Cl. The lowest BCUT2D eigenvalue weighted by molar-refractivity contribution is -0.119. The molecule has 0 saturated carbocycles. The third kappa shape index (κ3) is 5.01. The van der Waals surface area contributed by atoms with Crippen LogP contribution in [0, 0.1) is 13.8 Å². The van der Waals surface area contributed by atoms with Crippen molar-refractivity contribution in [3.8, 4) is 5.82 Å². The molecule has 0 radical (unpaired) electrons. The maximum Gasteiger partial charge on any atom is 0.274 e. The van der Waals surface area contributed by atoms with Crippen LogP contribution in [-0.4, -0.2) is 32.5 Å². The summed E-state index contributed by atoms with van der Waals surface area (Å²) in [6.07, 6.45) is 1.54. The Labute approximate surface area is 187 Å². The molecule has 2 aromatic heterocycles. The Balaban J connectivity index is 1.99. The van der Waals surface area contributed by atoms with Crippen molar-refractivity contribution in [2.24, 2.45) is 0 Å². The lowest BCUT2D eigenvalue weighted by Crippen LogP contribution is -2.40. The van der Waals surface area contributed by atoms with Gasteiger partial charge in [0.15, 0.2) is 5.82 Å². The van der Waals surface area contributed by atoms with Crippen LogP contribution in [0.2, 0.25) is 10.0 Å². The van der Waals surface area contributed by atoms with Crippen molar-refractivity contribution in [1.82, 2.24) is 25.6 Å². The predicted molar refractivity (Wildman–Crippen MR) is 117 cm³/mol. The first-order valence-electron chi connectivity index (χ1n) is 9.03. The van der Waals surface area contributed by atoms with Crippen molar-refractivity contribution in [2.45, 2.75) is 20.8 Å². The zero-order chi connectivity index (χ0) is 22.7. The van der Waals surface area contributed by atoms with Crippen LogP contribution in [0.5, 0.6) is 0 Å². The third-order valence-electron chi connectivity index (χ3n) is 4.14. The summed E-state index contributed by atoms with van der Waals surface area (Å²) in [6, 6.07) is 7.86. The summed E-state index contributed by atoms with van der Waals surface area (Å²) in [7, 11) is 0. The lowest BCUT2D eigenvalue weighted by atomic mass is 10.1. The summed E-state index contributed by atoms with van der Waals surface area (Å²) in [4.78, 5) is 41.0. The van der Waals surface area contributed by atoms with Crippen LogP contribution in [-0.2, 0) is 4.79 Å². The molecule has 0 aliphatic carbocycles. The number of halogens is 2. The zero-order valence-corrected chi connectivity index (χ0v) is 18.3. The topological polar surface area (TPSA) is 118 Å².